The number of aromatic carboxylic acids is 1. The summed E-state index contributed by atoms with van der Waals surface area (Å²) in [5.74, 6) is -1.12. The Morgan fingerprint density at radius 2 is 2.38 bits per heavy atom. The molecule has 0 atom stereocenters. The molecule has 0 amide bonds. The van der Waals surface area contributed by atoms with Crippen LogP contribution in [0.4, 0.5) is 11.7 Å². The highest BCUT2D eigenvalue weighted by Gasteiger charge is 2.14. The number of nitrogens with zero attached hydrogens (tertiary/aromatic N) is 3. The fourth-order valence-corrected chi connectivity index (χ4v) is 1.18. The van der Waals surface area contributed by atoms with Crippen LogP contribution in [0.5, 0.6) is 0 Å². The Balaban J connectivity index is 2.27. The van der Waals surface area contributed by atoms with Gasteiger partial charge in [-0.2, -0.15) is 4.98 Å². The fourth-order valence-electron chi connectivity index (χ4n) is 1.18. The van der Waals surface area contributed by atoms with Crippen molar-refractivity contribution in [2.75, 3.05) is 11.9 Å². The van der Waals surface area contributed by atoms with Gasteiger partial charge in [0, 0.05) is 13.2 Å². The van der Waals surface area contributed by atoms with E-state index in [1.165, 1.54) is 0 Å². The number of aromatic nitrogens is 2. The molecule has 0 bridgehead atoms. The Kier molecular flexibility index (Phi) is 2.55. The van der Waals surface area contributed by atoms with Gasteiger partial charge in [0.15, 0.2) is 5.69 Å². The lowest BCUT2D eigenvalue weighted by atomic mass is 10.4. The second-order valence-corrected chi connectivity index (χ2v) is 3.09. The van der Waals surface area contributed by atoms with Gasteiger partial charge in [0.1, 0.15) is 6.26 Å². The van der Waals surface area contributed by atoms with E-state index in [9.17, 15) is 4.79 Å². The third-order valence-corrected chi connectivity index (χ3v) is 2.03. The number of carboxylic acids is 1. The van der Waals surface area contributed by atoms with E-state index in [1.807, 2.05) is 6.07 Å². The largest absolute Gasteiger partial charge is 0.476 e. The van der Waals surface area contributed by atoms with Crippen LogP contribution in [0.25, 0.3) is 0 Å². The molecule has 0 saturated carbocycles. The molecule has 0 radical (unpaired) electrons. The van der Waals surface area contributed by atoms with Gasteiger partial charge in [0.05, 0.1) is 11.9 Å². The average Bonchev–Trinajstić information content (AvgIpc) is 2.78. The molecule has 0 aliphatic carbocycles. The van der Waals surface area contributed by atoms with Gasteiger partial charge in [-0.15, -0.1) is 0 Å². The predicted octanol–water partition coefficient (Wildman–Crippen LogP) is 1.54. The van der Waals surface area contributed by atoms with Gasteiger partial charge < -0.3 is 9.52 Å². The molecule has 2 rings (SSSR count). The van der Waals surface area contributed by atoms with Gasteiger partial charge in [-0.05, 0) is 12.1 Å². The van der Waals surface area contributed by atoms with E-state index in [1.54, 1.807) is 30.4 Å². The molecule has 0 aliphatic rings. The summed E-state index contributed by atoms with van der Waals surface area (Å²) in [6, 6.07) is 3.80. The van der Waals surface area contributed by atoms with E-state index in [2.05, 4.69) is 9.97 Å². The lowest BCUT2D eigenvalue weighted by molar-refractivity contribution is 0.0690. The van der Waals surface area contributed by atoms with E-state index in [-0.39, 0.29) is 11.7 Å². The molecule has 0 spiro atoms. The maximum Gasteiger partial charge on any atom is 0.357 e. The van der Waals surface area contributed by atoms with E-state index >= 15 is 0 Å². The monoisotopic (exact) mass is 219 g/mol. The summed E-state index contributed by atoms with van der Waals surface area (Å²) in [6.07, 6.45) is 4.38. The molecule has 16 heavy (non-hydrogen) atoms. The summed E-state index contributed by atoms with van der Waals surface area (Å²) in [4.78, 5) is 20.0. The summed E-state index contributed by atoms with van der Waals surface area (Å²) in [5, 5.41) is 8.70. The number of rotatable bonds is 3. The highest BCUT2D eigenvalue weighted by Crippen LogP contribution is 2.21. The zero-order valence-electron chi connectivity index (χ0n) is 8.49. The van der Waals surface area contributed by atoms with Gasteiger partial charge in [0.25, 0.3) is 0 Å². The van der Waals surface area contributed by atoms with Crippen molar-refractivity contribution in [1.29, 1.82) is 0 Å². The molecule has 0 fully saturated rings. The first-order valence-electron chi connectivity index (χ1n) is 4.51. The standard InChI is InChI=1S/C10H9N3O3/c1-13(7-3-2-4-11-5-7)10-12-8(6-16-10)9(14)15/h2-6H,1H3,(H,14,15). The van der Waals surface area contributed by atoms with Gasteiger partial charge in [-0.3, -0.25) is 9.88 Å². The van der Waals surface area contributed by atoms with Crippen molar-refractivity contribution >= 4 is 17.7 Å². The van der Waals surface area contributed by atoms with Crippen LogP contribution in [-0.2, 0) is 0 Å². The van der Waals surface area contributed by atoms with Gasteiger partial charge in [-0.1, -0.05) is 0 Å². The summed E-state index contributed by atoms with van der Waals surface area (Å²) >= 11 is 0. The van der Waals surface area contributed by atoms with Crippen molar-refractivity contribution in [1.82, 2.24) is 9.97 Å². The molecular weight excluding hydrogens is 210 g/mol. The Morgan fingerprint density at radius 3 is 2.94 bits per heavy atom. The molecular formula is C10H9N3O3. The molecule has 0 aromatic carbocycles. The van der Waals surface area contributed by atoms with Crippen LogP contribution >= 0.6 is 0 Å². The van der Waals surface area contributed by atoms with E-state index < -0.39 is 5.97 Å². The normalized spacial score (nSPS) is 10.1. The molecule has 2 aromatic heterocycles. The van der Waals surface area contributed by atoms with Gasteiger partial charge in [-0.25, -0.2) is 4.79 Å². The topological polar surface area (TPSA) is 79.5 Å². The number of hydrogen-bond donors (Lipinski definition) is 1. The number of anilines is 2. The summed E-state index contributed by atoms with van der Waals surface area (Å²) in [6.45, 7) is 0. The molecule has 1 N–H and O–H groups in total. The molecule has 0 unspecified atom stereocenters. The Labute approximate surface area is 91.2 Å². The van der Waals surface area contributed by atoms with E-state index in [4.69, 9.17) is 9.52 Å². The van der Waals surface area contributed by atoms with Crippen LogP contribution in [0, 0.1) is 0 Å². The Morgan fingerprint density at radius 1 is 1.56 bits per heavy atom. The minimum absolute atomic E-state index is 0.120. The molecule has 2 heterocycles. The van der Waals surface area contributed by atoms with Crippen molar-refractivity contribution < 1.29 is 14.3 Å². The highest BCUT2D eigenvalue weighted by atomic mass is 16.4. The van der Waals surface area contributed by atoms with Crippen molar-refractivity contribution in [3.05, 3.63) is 36.5 Å². The first kappa shape index (κ1) is 10.2. The second kappa shape index (κ2) is 4.01. The number of pyridine rings is 1. The van der Waals surface area contributed by atoms with Gasteiger partial charge in [0.2, 0.25) is 0 Å². The van der Waals surface area contributed by atoms with Crippen LogP contribution in [0.15, 0.2) is 35.2 Å². The van der Waals surface area contributed by atoms with Crippen LogP contribution < -0.4 is 4.90 Å². The van der Waals surface area contributed by atoms with Crippen molar-refractivity contribution in [2.24, 2.45) is 0 Å². The minimum atomic E-state index is -1.12. The summed E-state index contributed by atoms with van der Waals surface area (Å²) in [7, 11) is 1.72. The van der Waals surface area contributed by atoms with Crippen LogP contribution in [0.3, 0.4) is 0 Å². The first-order valence-corrected chi connectivity index (χ1v) is 4.51. The smallest absolute Gasteiger partial charge is 0.357 e. The number of hydrogen-bond acceptors (Lipinski definition) is 5. The Bertz CT molecular complexity index is 495. The Hall–Kier alpha value is -2.37. The average molecular weight is 219 g/mol. The zero-order valence-corrected chi connectivity index (χ0v) is 8.49. The summed E-state index contributed by atoms with van der Waals surface area (Å²) in [5.41, 5.74) is 0.645. The number of carbonyl (C=O) groups is 1. The molecule has 6 heteroatoms. The maximum atomic E-state index is 10.6. The van der Waals surface area contributed by atoms with Crippen LogP contribution in [-0.4, -0.2) is 28.1 Å². The molecule has 6 nitrogen and oxygen atoms in total. The first-order chi connectivity index (χ1) is 7.68. The lowest BCUT2D eigenvalue weighted by Gasteiger charge is -2.12. The van der Waals surface area contributed by atoms with Gasteiger partial charge >= 0.3 is 12.0 Å². The second-order valence-electron chi connectivity index (χ2n) is 3.09. The van der Waals surface area contributed by atoms with Crippen molar-refractivity contribution in [3.63, 3.8) is 0 Å². The van der Waals surface area contributed by atoms with E-state index in [0.29, 0.717) is 0 Å². The lowest BCUT2D eigenvalue weighted by Crippen LogP contribution is -2.10. The molecule has 2 aromatic rings. The summed E-state index contributed by atoms with van der Waals surface area (Å²) < 4.78 is 5.05. The van der Waals surface area contributed by atoms with Crippen molar-refractivity contribution in [3.8, 4) is 0 Å². The third kappa shape index (κ3) is 1.85. The molecule has 82 valence electrons. The third-order valence-electron chi connectivity index (χ3n) is 2.03. The minimum Gasteiger partial charge on any atom is -0.476 e. The molecule has 0 saturated heterocycles. The van der Waals surface area contributed by atoms with Crippen LogP contribution in [0.1, 0.15) is 10.5 Å². The maximum absolute atomic E-state index is 10.6. The number of oxazole rings is 1. The number of carboxylic acid groups (broad SMARTS) is 1. The quantitative estimate of drug-likeness (QED) is 0.843. The van der Waals surface area contributed by atoms with Crippen LogP contribution in [0.2, 0.25) is 0 Å². The predicted molar refractivity (Wildman–Crippen MR) is 55.8 cm³/mol. The van der Waals surface area contributed by atoms with Crippen molar-refractivity contribution in [2.45, 2.75) is 0 Å². The zero-order chi connectivity index (χ0) is 11.5. The fraction of sp³-hybridized carbons (Fsp3) is 0.100. The van der Waals surface area contributed by atoms with E-state index in [0.717, 1.165) is 12.0 Å². The SMILES string of the molecule is CN(c1cccnc1)c1nc(C(=O)O)co1. The highest BCUT2D eigenvalue weighted by molar-refractivity contribution is 5.85. The molecule has 0 aliphatic heterocycles.